The van der Waals surface area contributed by atoms with Crippen molar-refractivity contribution >= 4 is 18.8 Å². The van der Waals surface area contributed by atoms with Gasteiger partial charge in [0.25, 0.3) is 5.56 Å². The first kappa shape index (κ1) is 15.8. The van der Waals surface area contributed by atoms with Gasteiger partial charge < -0.3 is 24.1 Å². The molecule has 11 heteroatoms. The summed E-state index contributed by atoms with van der Waals surface area (Å²) in [6, 6.07) is 0. The minimum atomic E-state index is -4.17. The minimum Gasteiger partial charge on any atom is -0.373 e. The van der Waals surface area contributed by atoms with Gasteiger partial charge >= 0.3 is 7.60 Å². The second-order valence-corrected chi connectivity index (χ2v) is 6.11. The van der Waals surface area contributed by atoms with Crippen molar-refractivity contribution in [2.24, 2.45) is 0 Å². The highest BCUT2D eigenvalue weighted by molar-refractivity contribution is 7.51. The second kappa shape index (κ2) is 6.44. The topological polar surface area (TPSA) is 130 Å². The molecule has 0 aliphatic carbocycles. The number of rotatable bonds is 7. The Hall–Kier alpha value is -1.61. The molecule has 2 aromatic heterocycles. The molecular formula is C10H14FN4O5P. The summed E-state index contributed by atoms with van der Waals surface area (Å²) in [7, 11) is -4.17. The van der Waals surface area contributed by atoms with E-state index in [1.807, 2.05) is 0 Å². The fourth-order valence-electron chi connectivity index (χ4n) is 1.73. The summed E-state index contributed by atoms with van der Waals surface area (Å²) in [6.07, 6.45) is 1.16. The highest BCUT2D eigenvalue weighted by Gasteiger charge is 2.17. The molecule has 0 aliphatic rings. The predicted octanol–water partition coefficient (Wildman–Crippen LogP) is -0.348. The summed E-state index contributed by atoms with van der Waals surface area (Å²) in [6.45, 7) is -1.08. The van der Waals surface area contributed by atoms with E-state index < -0.39 is 32.1 Å². The van der Waals surface area contributed by atoms with Gasteiger partial charge in [0.2, 0.25) is 0 Å². The Labute approximate surface area is 118 Å². The van der Waals surface area contributed by atoms with E-state index in [1.165, 1.54) is 17.2 Å². The summed E-state index contributed by atoms with van der Waals surface area (Å²) in [5.74, 6) is 0. The zero-order valence-electron chi connectivity index (χ0n) is 10.8. The maximum atomic E-state index is 12.9. The Morgan fingerprint density at radius 3 is 2.90 bits per heavy atom. The van der Waals surface area contributed by atoms with E-state index in [2.05, 4.69) is 15.0 Å². The number of hydrogen-bond donors (Lipinski definition) is 3. The molecule has 1 atom stereocenters. The summed E-state index contributed by atoms with van der Waals surface area (Å²) in [5, 5.41) is 0. The van der Waals surface area contributed by atoms with E-state index in [4.69, 9.17) is 14.5 Å². The number of H-pyrrole nitrogens is 1. The van der Waals surface area contributed by atoms with Gasteiger partial charge in [-0.1, -0.05) is 0 Å². The van der Waals surface area contributed by atoms with Crippen LogP contribution in [0.1, 0.15) is 0 Å². The Morgan fingerprint density at radius 2 is 2.24 bits per heavy atom. The molecule has 0 fully saturated rings. The van der Waals surface area contributed by atoms with Gasteiger partial charge in [-0.3, -0.25) is 9.36 Å². The van der Waals surface area contributed by atoms with E-state index in [9.17, 15) is 13.8 Å². The summed E-state index contributed by atoms with van der Waals surface area (Å²) in [5.41, 5.74) is 0.0130. The van der Waals surface area contributed by atoms with Crippen LogP contribution in [0.4, 0.5) is 4.39 Å². The van der Waals surface area contributed by atoms with Crippen LogP contribution in [0.3, 0.4) is 0 Å². The average molecular weight is 320 g/mol. The average Bonchev–Trinajstić information content (AvgIpc) is 2.81. The van der Waals surface area contributed by atoms with Crippen LogP contribution < -0.4 is 5.56 Å². The van der Waals surface area contributed by atoms with Crippen LogP contribution in [-0.2, 0) is 15.8 Å². The third kappa shape index (κ3) is 4.18. The summed E-state index contributed by atoms with van der Waals surface area (Å²) < 4.78 is 30.1. The number of halogens is 1. The number of alkyl halides is 1. The van der Waals surface area contributed by atoms with E-state index in [-0.39, 0.29) is 24.3 Å². The first-order valence-electron chi connectivity index (χ1n) is 6.01. The molecule has 0 spiro atoms. The normalized spacial score (nSPS) is 13.7. The molecule has 0 saturated heterocycles. The van der Waals surface area contributed by atoms with Crippen molar-refractivity contribution in [3.63, 3.8) is 0 Å². The molecule has 2 heterocycles. The van der Waals surface area contributed by atoms with Crippen molar-refractivity contribution in [3.8, 4) is 0 Å². The Balaban J connectivity index is 2.05. The van der Waals surface area contributed by atoms with Crippen LogP contribution in [0.5, 0.6) is 0 Å². The number of fused-ring (bicyclic) bond motifs is 1. The van der Waals surface area contributed by atoms with Crippen molar-refractivity contribution in [1.29, 1.82) is 0 Å². The van der Waals surface area contributed by atoms with Crippen molar-refractivity contribution in [3.05, 3.63) is 23.0 Å². The van der Waals surface area contributed by atoms with Crippen LogP contribution in [0.15, 0.2) is 17.4 Å². The molecule has 0 aromatic carbocycles. The fourth-order valence-corrected chi connectivity index (χ4v) is 2.07. The van der Waals surface area contributed by atoms with Gasteiger partial charge in [-0.05, 0) is 0 Å². The monoisotopic (exact) mass is 320 g/mol. The van der Waals surface area contributed by atoms with Gasteiger partial charge in [0.15, 0.2) is 11.2 Å². The van der Waals surface area contributed by atoms with Crippen LogP contribution in [0.25, 0.3) is 11.2 Å². The highest BCUT2D eigenvalue weighted by atomic mass is 31.2. The number of imidazole rings is 1. The molecule has 116 valence electrons. The van der Waals surface area contributed by atoms with Crippen molar-refractivity contribution in [2.75, 3.05) is 19.4 Å². The molecule has 2 aromatic rings. The van der Waals surface area contributed by atoms with E-state index in [0.717, 1.165) is 0 Å². The minimum absolute atomic E-state index is 0.0324. The molecule has 0 radical (unpaired) electrons. The zero-order chi connectivity index (χ0) is 15.5. The van der Waals surface area contributed by atoms with E-state index in [1.54, 1.807) is 0 Å². The molecule has 0 amide bonds. The van der Waals surface area contributed by atoms with Gasteiger partial charge in [0.05, 0.1) is 32.0 Å². The molecule has 21 heavy (non-hydrogen) atoms. The molecule has 3 N–H and O–H groups in total. The molecule has 0 unspecified atom stereocenters. The van der Waals surface area contributed by atoms with Crippen molar-refractivity contribution < 1.29 is 23.5 Å². The van der Waals surface area contributed by atoms with Crippen molar-refractivity contribution in [2.45, 2.75) is 12.6 Å². The first-order valence-corrected chi connectivity index (χ1v) is 7.81. The number of aromatic nitrogens is 4. The molecule has 0 aliphatic heterocycles. The standard InChI is InChI=1S/C10H14FN4O5P/c11-3-7(20-1-2-21(17,18)19)4-15-6-14-8-9(15)12-5-13-10(8)16/h5-7H,1-4H2,(H,12,13,16)(H2,17,18,19)/t7-/m1/s1. The van der Waals surface area contributed by atoms with Crippen molar-refractivity contribution in [1.82, 2.24) is 19.5 Å². The van der Waals surface area contributed by atoms with Crippen LogP contribution >= 0.6 is 7.60 Å². The molecule has 0 saturated carbocycles. The highest BCUT2D eigenvalue weighted by Crippen LogP contribution is 2.33. The predicted molar refractivity (Wildman–Crippen MR) is 70.8 cm³/mol. The quantitative estimate of drug-likeness (QED) is 0.594. The molecular weight excluding hydrogens is 306 g/mol. The third-order valence-corrected chi connectivity index (χ3v) is 3.48. The lowest BCUT2D eigenvalue weighted by Crippen LogP contribution is -2.24. The molecule has 9 nitrogen and oxygen atoms in total. The largest absolute Gasteiger partial charge is 0.373 e. The van der Waals surface area contributed by atoms with Crippen LogP contribution in [0.2, 0.25) is 0 Å². The van der Waals surface area contributed by atoms with E-state index in [0.29, 0.717) is 0 Å². The zero-order valence-corrected chi connectivity index (χ0v) is 11.7. The smallest absolute Gasteiger partial charge is 0.327 e. The number of aromatic amines is 1. The van der Waals surface area contributed by atoms with Crippen LogP contribution in [-0.4, -0.2) is 54.9 Å². The Bertz CT molecular complexity index is 711. The Kier molecular flexibility index (Phi) is 4.84. The maximum Gasteiger partial charge on any atom is 0.327 e. The van der Waals surface area contributed by atoms with Gasteiger partial charge in [0.1, 0.15) is 12.8 Å². The lowest BCUT2D eigenvalue weighted by atomic mass is 10.4. The second-order valence-electron chi connectivity index (χ2n) is 4.34. The number of ether oxygens (including phenoxy) is 1. The summed E-state index contributed by atoms with van der Waals surface area (Å²) in [4.78, 5) is 39.1. The van der Waals surface area contributed by atoms with Gasteiger partial charge in [0, 0.05) is 0 Å². The fraction of sp³-hybridized carbons (Fsp3) is 0.500. The van der Waals surface area contributed by atoms with Gasteiger partial charge in [-0.25, -0.2) is 14.4 Å². The number of nitrogens with zero attached hydrogens (tertiary/aromatic N) is 3. The van der Waals surface area contributed by atoms with Crippen LogP contribution in [0, 0.1) is 0 Å². The summed E-state index contributed by atoms with van der Waals surface area (Å²) >= 11 is 0. The maximum absolute atomic E-state index is 12.9. The third-order valence-electron chi connectivity index (χ3n) is 2.72. The van der Waals surface area contributed by atoms with Gasteiger partial charge in [-0.15, -0.1) is 0 Å². The Morgan fingerprint density at radius 1 is 1.48 bits per heavy atom. The van der Waals surface area contributed by atoms with Gasteiger partial charge in [-0.2, -0.15) is 0 Å². The first-order chi connectivity index (χ1) is 9.90. The lowest BCUT2D eigenvalue weighted by molar-refractivity contribution is 0.0331. The molecule has 0 bridgehead atoms. The number of nitrogens with one attached hydrogen (secondary N) is 1. The number of hydrogen-bond acceptors (Lipinski definition) is 5. The lowest BCUT2D eigenvalue weighted by Gasteiger charge is -2.15. The SMILES string of the molecule is O=c1[nH]cnc2c1ncn2C[C@@H](CF)OCCP(=O)(O)O. The van der Waals surface area contributed by atoms with E-state index >= 15 is 0 Å². The molecule has 2 rings (SSSR count).